The van der Waals surface area contributed by atoms with E-state index in [-0.39, 0.29) is 0 Å². The first-order chi connectivity index (χ1) is 13.7. The number of rotatable bonds is 6. The summed E-state index contributed by atoms with van der Waals surface area (Å²) in [6.07, 6.45) is 0.565. The Balaban J connectivity index is 1.45. The van der Waals surface area contributed by atoms with E-state index in [1.54, 1.807) is 0 Å². The van der Waals surface area contributed by atoms with Gasteiger partial charge in [0.1, 0.15) is 12.4 Å². The Hall–Kier alpha value is -2.63. The highest BCUT2D eigenvalue weighted by Crippen LogP contribution is 2.23. The molecule has 1 heterocycles. The molecule has 4 nitrogen and oxygen atoms in total. The molecule has 4 aromatic rings. The van der Waals surface area contributed by atoms with Crippen molar-refractivity contribution in [3.8, 4) is 17.2 Å². The fraction of sp³-hybridized carbons (Fsp3) is 0.0909. The van der Waals surface area contributed by atoms with Gasteiger partial charge in [0.05, 0.1) is 6.42 Å². The molecular formula is C22H16BrClN2O2. The summed E-state index contributed by atoms with van der Waals surface area (Å²) in [7, 11) is 0. The maximum Gasteiger partial charge on any atom is 0.247 e. The lowest BCUT2D eigenvalue weighted by Gasteiger charge is -2.07. The van der Waals surface area contributed by atoms with Crippen LogP contribution in [-0.4, -0.2) is 10.2 Å². The Labute approximate surface area is 176 Å². The molecule has 0 spiro atoms. The van der Waals surface area contributed by atoms with E-state index < -0.39 is 0 Å². The van der Waals surface area contributed by atoms with Crippen molar-refractivity contribution < 1.29 is 9.15 Å². The molecule has 4 rings (SSSR count). The van der Waals surface area contributed by atoms with Gasteiger partial charge in [-0.1, -0.05) is 57.9 Å². The molecule has 0 radical (unpaired) electrons. The van der Waals surface area contributed by atoms with Crippen LogP contribution in [0.1, 0.15) is 17.0 Å². The van der Waals surface area contributed by atoms with Gasteiger partial charge >= 0.3 is 0 Å². The summed E-state index contributed by atoms with van der Waals surface area (Å²) >= 11 is 9.37. The molecule has 0 aliphatic carbocycles. The average molecular weight is 456 g/mol. The third kappa shape index (κ3) is 4.80. The largest absolute Gasteiger partial charge is 0.489 e. The summed E-state index contributed by atoms with van der Waals surface area (Å²) in [4.78, 5) is 0. The van der Waals surface area contributed by atoms with Crippen molar-refractivity contribution in [3.05, 3.63) is 99.3 Å². The van der Waals surface area contributed by atoms with Gasteiger partial charge in [-0.3, -0.25) is 0 Å². The van der Waals surface area contributed by atoms with E-state index in [4.69, 9.17) is 20.8 Å². The minimum Gasteiger partial charge on any atom is -0.489 e. The van der Waals surface area contributed by atoms with Crippen LogP contribution < -0.4 is 4.74 Å². The lowest BCUT2D eigenvalue weighted by molar-refractivity contribution is 0.306. The third-order valence-corrected chi connectivity index (χ3v) is 4.86. The number of aromatic nitrogens is 2. The summed E-state index contributed by atoms with van der Waals surface area (Å²) in [5, 5.41) is 9.04. The van der Waals surface area contributed by atoms with Gasteiger partial charge in [-0.2, -0.15) is 0 Å². The molecule has 0 unspecified atom stereocenters. The van der Waals surface area contributed by atoms with Gasteiger partial charge in [-0.25, -0.2) is 0 Å². The minimum absolute atomic E-state index is 0.454. The van der Waals surface area contributed by atoms with Crippen LogP contribution in [0, 0.1) is 0 Å². The number of halogens is 2. The van der Waals surface area contributed by atoms with Crippen molar-refractivity contribution in [2.45, 2.75) is 13.0 Å². The Morgan fingerprint density at radius 2 is 1.71 bits per heavy atom. The van der Waals surface area contributed by atoms with E-state index in [0.717, 1.165) is 26.9 Å². The second kappa shape index (κ2) is 8.59. The Morgan fingerprint density at radius 1 is 0.893 bits per heavy atom. The first kappa shape index (κ1) is 18.7. The van der Waals surface area contributed by atoms with Crippen LogP contribution in [-0.2, 0) is 13.0 Å². The lowest BCUT2D eigenvalue weighted by Crippen LogP contribution is -1.95. The first-order valence-corrected chi connectivity index (χ1v) is 9.87. The zero-order valence-electron chi connectivity index (χ0n) is 14.8. The highest BCUT2D eigenvalue weighted by atomic mass is 79.9. The van der Waals surface area contributed by atoms with Crippen LogP contribution in [0.5, 0.6) is 5.75 Å². The highest BCUT2D eigenvalue weighted by molar-refractivity contribution is 9.10. The van der Waals surface area contributed by atoms with E-state index in [1.165, 1.54) is 0 Å². The maximum absolute atomic E-state index is 5.92. The molecule has 0 N–H and O–H groups in total. The van der Waals surface area contributed by atoms with Crippen LogP contribution in [0.25, 0.3) is 11.5 Å². The lowest BCUT2D eigenvalue weighted by atomic mass is 10.1. The summed E-state index contributed by atoms with van der Waals surface area (Å²) in [6, 6.07) is 23.3. The minimum atomic E-state index is 0.454. The second-order valence-corrected chi connectivity index (χ2v) is 7.60. The fourth-order valence-electron chi connectivity index (χ4n) is 2.74. The quantitative estimate of drug-likeness (QED) is 0.341. The van der Waals surface area contributed by atoms with E-state index in [0.29, 0.717) is 29.8 Å². The summed E-state index contributed by atoms with van der Waals surface area (Å²) in [6.45, 7) is 0.454. The summed E-state index contributed by atoms with van der Waals surface area (Å²) < 4.78 is 12.7. The standard InChI is InChI=1S/C22H16BrClN2O2/c23-18-5-2-6-20(13-18)27-14-16-3-1-4-17(11-16)22-26-25-21(28-22)12-15-7-9-19(24)10-8-15/h1-11,13H,12,14H2. The molecule has 0 aliphatic heterocycles. The number of ether oxygens (including phenoxy) is 1. The molecule has 1 aromatic heterocycles. The first-order valence-electron chi connectivity index (χ1n) is 8.70. The Morgan fingerprint density at radius 3 is 2.54 bits per heavy atom. The zero-order chi connectivity index (χ0) is 19.3. The van der Waals surface area contributed by atoms with E-state index in [9.17, 15) is 0 Å². The normalized spacial score (nSPS) is 10.8. The Kier molecular flexibility index (Phi) is 5.74. The third-order valence-electron chi connectivity index (χ3n) is 4.11. The van der Waals surface area contributed by atoms with Crippen LogP contribution in [0.3, 0.4) is 0 Å². The van der Waals surface area contributed by atoms with E-state index in [1.807, 2.05) is 72.8 Å². The van der Waals surface area contributed by atoms with Crippen molar-refractivity contribution in [2.24, 2.45) is 0 Å². The molecule has 0 saturated heterocycles. The van der Waals surface area contributed by atoms with Gasteiger partial charge in [-0.05, 0) is 53.6 Å². The predicted octanol–water partition coefficient (Wildman–Crippen LogP) is 6.32. The van der Waals surface area contributed by atoms with E-state index >= 15 is 0 Å². The maximum atomic E-state index is 5.92. The van der Waals surface area contributed by atoms with Gasteiger partial charge in [0.25, 0.3) is 0 Å². The summed E-state index contributed by atoms with van der Waals surface area (Å²) in [5.74, 6) is 1.86. The van der Waals surface area contributed by atoms with E-state index in [2.05, 4.69) is 26.1 Å². The molecule has 0 amide bonds. The van der Waals surface area contributed by atoms with Gasteiger partial charge in [0.15, 0.2) is 0 Å². The monoisotopic (exact) mass is 454 g/mol. The second-order valence-electron chi connectivity index (χ2n) is 6.25. The van der Waals surface area contributed by atoms with Crippen LogP contribution in [0.2, 0.25) is 5.02 Å². The van der Waals surface area contributed by atoms with Gasteiger partial charge in [-0.15, -0.1) is 10.2 Å². The molecule has 0 saturated carbocycles. The smallest absolute Gasteiger partial charge is 0.247 e. The number of hydrogen-bond acceptors (Lipinski definition) is 4. The number of nitrogens with zero attached hydrogens (tertiary/aromatic N) is 2. The predicted molar refractivity (Wildman–Crippen MR) is 112 cm³/mol. The number of benzene rings is 3. The van der Waals surface area contributed by atoms with Crippen LogP contribution >= 0.6 is 27.5 Å². The topological polar surface area (TPSA) is 48.2 Å². The highest BCUT2D eigenvalue weighted by Gasteiger charge is 2.10. The fourth-order valence-corrected chi connectivity index (χ4v) is 3.24. The van der Waals surface area contributed by atoms with Gasteiger partial charge in [0, 0.05) is 15.1 Å². The molecule has 140 valence electrons. The molecule has 0 bridgehead atoms. The average Bonchev–Trinajstić information content (AvgIpc) is 3.17. The molecule has 0 aliphatic rings. The molecule has 0 atom stereocenters. The van der Waals surface area contributed by atoms with Gasteiger partial charge < -0.3 is 9.15 Å². The SMILES string of the molecule is Clc1ccc(Cc2nnc(-c3cccc(COc4cccc(Br)c4)c3)o2)cc1. The van der Waals surface area contributed by atoms with Crippen molar-refractivity contribution in [1.82, 2.24) is 10.2 Å². The van der Waals surface area contributed by atoms with Gasteiger partial charge in [0.2, 0.25) is 11.8 Å². The molecule has 28 heavy (non-hydrogen) atoms. The van der Waals surface area contributed by atoms with Crippen molar-refractivity contribution in [3.63, 3.8) is 0 Å². The molecule has 6 heteroatoms. The molecular weight excluding hydrogens is 440 g/mol. The van der Waals surface area contributed by atoms with Crippen LogP contribution in [0.15, 0.2) is 81.7 Å². The van der Waals surface area contributed by atoms with Crippen molar-refractivity contribution in [2.75, 3.05) is 0 Å². The van der Waals surface area contributed by atoms with Crippen molar-refractivity contribution >= 4 is 27.5 Å². The molecule has 3 aromatic carbocycles. The van der Waals surface area contributed by atoms with Crippen molar-refractivity contribution in [1.29, 1.82) is 0 Å². The van der Waals surface area contributed by atoms with Crippen LogP contribution in [0.4, 0.5) is 0 Å². The molecule has 0 fully saturated rings. The zero-order valence-corrected chi connectivity index (χ0v) is 17.2. The Bertz CT molecular complexity index is 1080. The number of hydrogen-bond donors (Lipinski definition) is 0. The summed E-state index contributed by atoms with van der Waals surface area (Å²) in [5.41, 5.74) is 2.95.